The quantitative estimate of drug-likeness (QED) is 0.673. The Hall–Kier alpha value is -1.73. The Labute approximate surface area is 130 Å². The van der Waals surface area contributed by atoms with Gasteiger partial charge in [-0.05, 0) is 6.42 Å². The summed E-state index contributed by atoms with van der Waals surface area (Å²) >= 11 is 7.34. The molecule has 3 heterocycles. The average Bonchev–Trinajstić information content (AvgIpc) is 3.09. The first-order chi connectivity index (χ1) is 10.2. The van der Waals surface area contributed by atoms with Crippen molar-refractivity contribution in [3.63, 3.8) is 0 Å². The van der Waals surface area contributed by atoms with E-state index >= 15 is 0 Å². The standard InChI is InChI=1S/C13H14ClN5OS/c1-18-12-10(6-16-18)13(20)19(8-15-12)4-2-3-11-17-9(5-14)7-21-11/h6-8H,2-5H2,1H3. The number of rotatable bonds is 5. The number of halogens is 1. The Morgan fingerprint density at radius 1 is 1.43 bits per heavy atom. The normalized spacial score (nSPS) is 11.3. The van der Waals surface area contributed by atoms with Crippen LogP contribution in [0.25, 0.3) is 11.0 Å². The highest BCUT2D eigenvalue weighted by molar-refractivity contribution is 7.09. The van der Waals surface area contributed by atoms with E-state index in [9.17, 15) is 4.79 Å². The molecule has 3 aromatic heterocycles. The smallest absolute Gasteiger partial charge is 0.264 e. The van der Waals surface area contributed by atoms with Crippen molar-refractivity contribution < 1.29 is 0 Å². The van der Waals surface area contributed by atoms with Gasteiger partial charge in [0.1, 0.15) is 5.39 Å². The molecule has 0 aliphatic heterocycles. The molecule has 0 aliphatic rings. The molecule has 0 radical (unpaired) electrons. The molecular formula is C13H14ClN5OS. The van der Waals surface area contributed by atoms with E-state index in [2.05, 4.69) is 15.1 Å². The third-order valence-electron chi connectivity index (χ3n) is 3.24. The van der Waals surface area contributed by atoms with Gasteiger partial charge in [-0.25, -0.2) is 9.97 Å². The fourth-order valence-electron chi connectivity index (χ4n) is 2.15. The van der Waals surface area contributed by atoms with Gasteiger partial charge in [-0.1, -0.05) is 0 Å². The van der Waals surface area contributed by atoms with E-state index in [-0.39, 0.29) is 5.56 Å². The Balaban J connectivity index is 1.70. The first kappa shape index (κ1) is 14.2. The van der Waals surface area contributed by atoms with Crippen LogP contribution in [0.5, 0.6) is 0 Å². The summed E-state index contributed by atoms with van der Waals surface area (Å²) in [5.74, 6) is 0.442. The van der Waals surface area contributed by atoms with Gasteiger partial charge in [0.25, 0.3) is 5.56 Å². The van der Waals surface area contributed by atoms with E-state index in [0.29, 0.717) is 23.5 Å². The van der Waals surface area contributed by atoms with E-state index < -0.39 is 0 Å². The molecule has 0 atom stereocenters. The lowest BCUT2D eigenvalue weighted by Crippen LogP contribution is -2.20. The van der Waals surface area contributed by atoms with E-state index in [1.54, 1.807) is 40.2 Å². The molecule has 0 N–H and O–H groups in total. The number of aryl methyl sites for hydroxylation is 3. The van der Waals surface area contributed by atoms with Crippen LogP contribution >= 0.6 is 22.9 Å². The largest absolute Gasteiger partial charge is 0.299 e. The van der Waals surface area contributed by atoms with Crippen molar-refractivity contribution in [2.75, 3.05) is 0 Å². The molecule has 0 aromatic carbocycles. The average molecular weight is 324 g/mol. The van der Waals surface area contributed by atoms with Crippen LogP contribution in [0.2, 0.25) is 0 Å². The molecule has 0 aliphatic carbocycles. The zero-order valence-electron chi connectivity index (χ0n) is 11.5. The summed E-state index contributed by atoms with van der Waals surface area (Å²) in [4.78, 5) is 21.0. The minimum Gasteiger partial charge on any atom is -0.299 e. The van der Waals surface area contributed by atoms with Crippen LogP contribution in [-0.2, 0) is 25.9 Å². The van der Waals surface area contributed by atoms with Gasteiger partial charge in [0.2, 0.25) is 0 Å². The predicted molar refractivity (Wildman–Crippen MR) is 82.8 cm³/mol. The summed E-state index contributed by atoms with van der Waals surface area (Å²) in [6.45, 7) is 0.618. The van der Waals surface area contributed by atoms with Crippen LogP contribution in [0.4, 0.5) is 0 Å². The van der Waals surface area contributed by atoms with E-state index in [4.69, 9.17) is 11.6 Å². The molecule has 0 saturated heterocycles. The Bertz CT molecular complexity index is 821. The first-order valence-electron chi connectivity index (χ1n) is 6.55. The zero-order valence-corrected chi connectivity index (χ0v) is 13.1. The maximum atomic E-state index is 12.3. The molecule has 8 heteroatoms. The summed E-state index contributed by atoms with van der Waals surface area (Å²) in [5, 5.41) is 7.63. The van der Waals surface area contributed by atoms with Crippen molar-refractivity contribution in [1.29, 1.82) is 0 Å². The van der Waals surface area contributed by atoms with Gasteiger partial charge in [0.15, 0.2) is 5.65 Å². The SMILES string of the molecule is Cn1ncc2c(=O)n(CCCc3nc(CCl)cs3)cnc21. The molecule has 0 saturated carbocycles. The minimum atomic E-state index is -0.0475. The van der Waals surface area contributed by atoms with Gasteiger partial charge in [-0.3, -0.25) is 14.0 Å². The van der Waals surface area contributed by atoms with Crippen molar-refractivity contribution in [3.8, 4) is 0 Å². The summed E-state index contributed by atoms with van der Waals surface area (Å²) in [7, 11) is 1.77. The summed E-state index contributed by atoms with van der Waals surface area (Å²) < 4.78 is 3.23. The summed E-state index contributed by atoms with van der Waals surface area (Å²) in [5.41, 5.74) is 1.48. The van der Waals surface area contributed by atoms with Gasteiger partial charge in [0, 0.05) is 25.4 Å². The van der Waals surface area contributed by atoms with Crippen LogP contribution in [0.15, 0.2) is 22.7 Å². The second-order valence-electron chi connectivity index (χ2n) is 4.72. The van der Waals surface area contributed by atoms with Crippen molar-refractivity contribution >= 4 is 34.0 Å². The topological polar surface area (TPSA) is 65.6 Å². The van der Waals surface area contributed by atoms with Crippen LogP contribution in [0.1, 0.15) is 17.1 Å². The lowest BCUT2D eigenvalue weighted by Gasteiger charge is -2.04. The highest BCUT2D eigenvalue weighted by atomic mass is 35.5. The van der Waals surface area contributed by atoms with Gasteiger partial charge < -0.3 is 0 Å². The number of nitrogens with zero attached hydrogens (tertiary/aromatic N) is 5. The van der Waals surface area contributed by atoms with Crippen LogP contribution in [0.3, 0.4) is 0 Å². The monoisotopic (exact) mass is 323 g/mol. The number of hydrogen-bond donors (Lipinski definition) is 0. The molecule has 0 spiro atoms. The molecule has 21 heavy (non-hydrogen) atoms. The van der Waals surface area contributed by atoms with Crippen molar-refractivity contribution in [2.24, 2.45) is 7.05 Å². The predicted octanol–water partition coefficient (Wildman–Crippen LogP) is 1.96. The van der Waals surface area contributed by atoms with E-state index in [1.165, 1.54) is 0 Å². The van der Waals surface area contributed by atoms with E-state index in [1.807, 2.05) is 5.38 Å². The van der Waals surface area contributed by atoms with Crippen molar-refractivity contribution in [2.45, 2.75) is 25.3 Å². The third-order valence-corrected chi connectivity index (χ3v) is 4.48. The molecule has 3 aromatic rings. The number of alkyl halides is 1. The van der Waals surface area contributed by atoms with Gasteiger partial charge in [-0.15, -0.1) is 22.9 Å². The summed E-state index contributed by atoms with van der Waals surface area (Å²) in [6.07, 6.45) is 4.81. The van der Waals surface area contributed by atoms with Gasteiger partial charge >= 0.3 is 0 Å². The molecular weight excluding hydrogens is 310 g/mol. The molecule has 3 rings (SSSR count). The third kappa shape index (κ3) is 2.84. The van der Waals surface area contributed by atoms with Crippen molar-refractivity contribution in [3.05, 3.63) is 39.0 Å². The molecule has 0 bridgehead atoms. The number of aromatic nitrogens is 5. The minimum absolute atomic E-state index is 0.0475. The molecule has 0 unspecified atom stereocenters. The fraction of sp³-hybridized carbons (Fsp3) is 0.385. The zero-order chi connectivity index (χ0) is 14.8. The molecule has 110 valence electrons. The second kappa shape index (κ2) is 5.95. The van der Waals surface area contributed by atoms with Crippen molar-refractivity contribution in [1.82, 2.24) is 24.3 Å². The number of fused-ring (bicyclic) bond motifs is 1. The van der Waals surface area contributed by atoms with Gasteiger partial charge in [-0.2, -0.15) is 5.10 Å². The maximum Gasteiger partial charge on any atom is 0.264 e. The highest BCUT2D eigenvalue weighted by Crippen LogP contribution is 2.13. The molecule has 0 fully saturated rings. The highest BCUT2D eigenvalue weighted by Gasteiger charge is 2.08. The lowest BCUT2D eigenvalue weighted by molar-refractivity contribution is 0.615. The second-order valence-corrected chi connectivity index (χ2v) is 5.93. The van der Waals surface area contributed by atoms with Crippen LogP contribution in [-0.4, -0.2) is 24.3 Å². The number of hydrogen-bond acceptors (Lipinski definition) is 5. The first-order valence-corrected chi connectivity index (χ1v) is 7.97. The fourth-order valence-corrected chi connectivity index (χ4v) is 3.22. The lowest BCUT2D eigenvalue weighted by atomic mass is 10.3. The van der Waals surface area contributed by atoms with Crippen LogP contribution in [0, 0.1) is 0 Å². The molecule has 0 amide bonds. The Kier molecular flexibility index (Phi) is 4.03. The summed E-state index contributed by atoms with van der Waals surface area (Å²) in [6, 6.07) is 0. The van der Waals surface area contributed by atoms with Crippen LogP contribution < -0.4 is 5.56 Å². The van der Waals surface area contributed by atoms with E-state index in [0.717, 1.165) is 23.5 Å². The maximum absolute atomic E-state index is 12.3. The Morgan fingerprint density at radius 2 is 2.29 bits per heavy atom. The number of thiazole rings is 1. The van der Waals surface area contributed by atoms with Gasteiger partial charge in [0.05, 0.1) is 29.1 Å². The molecule has 6 nitrogen and oxygen atoms in total. The Morgan fingerprint density at radius 3 is 3.05 bits per heavy atom.